The van der Waals surface area contributed by atoms with Gasteiger partial charge in [-0.05, 0) is 48.9 Å². The topological polar surface area (TPSA) is 76.2 Å². The van der Waals surface area contributed by atoms with Crippen molar-refractivity contribution in [2.24, 2.45) is 0 Å². The molecule has 1 atom stereocenters. The second-order valence-electron chi connectivity index (χ2n) is 6.67. The Labute approximate surface area is 168 Å². The molecule has 2 aliphatic heterocycles. The van der Waals surface area contributed by atoms with Crippen molar-refractivity contribution >= 4 is 34.9 Å². The first-order valence-electron chi connectivity index (χ1n) is 9.35. The van der Waals surface area contributed by atoms with E-state index >= 15 is 0 Å². The largest absolute Gasteiger partial charge is 0.491 e. The van der Waals surface area contributed by atoms with Crippen molar-refractivity contribution in [3.8, 4) is 5.75 Å². The number of hydrogen-bond donors (Lipinski definition) is 0. The Balaban J connectivity index is 1.64. The molecule has 0 unspecified atom stereocenters. The maximum absolute atomic E-state index is 12.6. The fourth-order valence-corrected chi connectivity index (χ4v) is 3.63. The van der Waals surface area contributed by atoms with Crippen molar-refractivity contribution in [3.05, 3.63) is 34.7 Å². The zero-order chi connectivity index (χ0) is 20.1. The van der Waals surface area contributed by atoms with Crippen LogP contribution in [0, 0.1) is 0 Å². The quantitative estimate of drug-likeness (QED) is 0.679. The van der Waals surface area contributed by atoms with E-state index in [1.54, 1.807) is 11.0 Å². The van der Waals surface area contributed by atoms with Gasteiger partial charge < -0.3 is 14.4 Å². The minimum atomic E-state index is -0.434. The van der Waals surface area contributed by atoms with Crippen molar-refractivity contribution in [2.75, 3.05) is 32.8 Å². The van der Waals surface area contributed by atoms with Gasteiger partial charge >= 0.3 is 0 Å². The summed E-state index contributed by atoms with van der Waals surface area (Å²) in [5.41, 5.74) is 0.793. The van der Waals surface area contributed by atoms with E-state index in [4.69, 9.17) is 9.47 Å². The van der Waals surface area contributed by atoms with Crippen LogP contribution in [0.15, 0.2) is 29.2 Å². The molecule has 0 N–H and O–H groups in total. The minimum absolute atomic E-state index is 0.131. The van der Waals surface area contributed by atoms with E-state index in [1.165, 1.54) is 0 Å². The van der Waals surface area contributed by atoms with Gasteiger partial charge in [0, 0.05) is 13.1 Å². The monoisotopic (exact) mass is 404 g/mol. The third kappa shape index (κ3) is 4.94. The first-order chi connectivity index (χ1) is 13.5. The molecule has 2 fully saturated rings. The van der Waals surface area contributed by atoms with Crippen LogP contribution in [0.3, 0.4) is 0 Å². The molecule has 3 rings (SSSR count). The number of imide groups is 1. The molecule has 3 amide bonds. The molecule has 7 nitrogen and oxygen atoms in total. The molecule has 8 heteroatoms. The van der Waals surface area contributed by atoms with Gasteiger partial charge in [-0.15, -0.1) is 0 Å². The van der Waals surface area contributed by atoms with Crippen LogP contribution in [0.5, 0.6) is 5.75 Å². The van der Waals surface area contributed by atoms with Gasteiger partial charge in [-0.2, -0.15) is 0 Å². The van der Waals surface area contributed by atoms with Gasteiger partial charge in [0.05, 0.1) is 24.2 Å². The van der Waals surface area contributed by atoms with Gasteiger partial charge in [-0.3, -0.25) is 19.3 Å². The summed E-state index contributed by atoms with van der Waals surface area (Å²) in [4.78, 5) is 40.1. The highest BCUT2D eigenvalue weighted by molar-refractivity contribution is 8.18. The molecular formula is C20H24N2O5S. The molecule has 0 spiro atoms. The molecular weight excluding hydrogens is 380 g/mol. The molecule has 28 heavy (non-hydrogen) atoms. The normalized spacial score (nSPS) is 20.0. The Bertz CT molecular complexity index is 771. The van der Waals surface area contributed by atoms with Gasteiger partial charge in [0.25, 0.3) is 11.1 Å². The Kier molecular flexibility index (Phi) is 6.74. The second kappa shape index (κ2) is 9.25. The maximum atomic E-state index is 12.6. The molecule has 1 aromatic carbocycles. The number of amides is 3. The molecule has 0 aliphatic carbocycles. The van der Waals surface area contributed by atoms with Gasteiger partial charge in [-0.1, -0.05) is 19.1 Å². The lowest BCUT2D eigenvalue weighted by Crippen LogP contribution is -2.46. The molecule has 1 aromatic rings. The fraction of sp³-hybridized carbons (Fsp3) is 0.450. The fourth-order valence-electron chi connectivity index (χ4n) is 2.79. The first kappa shape index (κ1) is 20.4. The number of rotatable bonds is 6. The number of carbonyl (C=O) groups is 3. The van der Waals surface area contributed by atoms with E-state index in [0.29, 0.717) is 31.2 Å². The van der Waals surface area contributed by atoms with Gasteiger partial charge in [0.1, 0.15) is 12.3 Å². The Morgan fingerprint density at radius 3 is 2.57 bits per heavy atom. The summed E-state index contributed by atoms with van der Waals surface area (Å²) >= 11 is 0.856. The van der Waals surface area contributed by atoms with Crippen molar-refractivity contribution in [1.29, 1.82) is 0 Å². The molecule has 0 radical (unpaired) electrons. The van der Waals surface area contributed by atoms with E-state index in [-0.39, 0.29) is 18.6 Å². The number of benzene rings is 1. The summed E-state index contributed by atoms with van der Waals surface area (Å²) < 4.78 is 11.0. The highest BCUT2D eigenvalue weighted by Crippen LogP contribution is 2.32. The molecule has 2 saturated heterocycles. The standard InChI is InChI=1S/C20H24N2O5S/c1-3-14(2)27-16-6-4-15(5-7-16)12-17-19(24)22(20(25)28-17)13-18(23)21-8-10-26-11-9-21/h4-7,12,14H,3,8-11,13H2,1-2H3/b17-12+/t14-/m1/s1. The van der Waals surface area contributed by atoms with Crippen molar-refractivity contribution in [2.45, 2.75) is 26.4 Å². The molecule has 0 aromatic heterocycles. The first-order valence-corrected chi connectivity index (χ1v) is 10.2. The average Bonchev–Trinajstić information content (AvgIpc) is 2.97. The number of ether oxygens (including phenoxy) is 2. The van der Waals surface area contributed by atoms with Crippen molar-refractivity contribution < 1.29 is 23.9 Å². The number of carbonyl (C=O) groups excluding carboxylic acids is 3. The lowest BCUT2D eigenvalue weighted by Gasteiger charge is -2.28. The van der Waals surface area contributed by atoms with Crippen molar-refractivity contribution in [1.82, 2.24) is 9.80 Å². The summed E-state index contributed by atoms with van der Waals surface area (Å²) in [5, 5.41) is -0.422. The smallest absolute Gasteiger partial charge is 0.294 e. The SMILES string of the molecule is CC[C@@H](C)Oc1ccc(/C=C2/SC(=O)N(CC(=O)N3CCOCC3)C2=O)cc1. The molecule has 0 bridgehead atoms. The van der Waals surface area contributed by atoms with Crippen LogP contribution in [-0.2, 0) is 14.3 Å². The van der Waals surface area contributed by atoms with Crippen LogP contribution < -0.4 is 4.74 Å². The lowest BCUT2D eigenvalue weighted by molar-refractivity contribution is -0.139. The third-order valence-electron chi connectivity index (χ3n) is 4.62. The lowest BCUT2D eigenvalue weighted by atomic mass is 10.2. The van der Waals surface area contributed by atoms with E-state index in [0.717, 1.165) is 34.4 Å². The van der Waals surface area contributed by atoms with Crippen LogP contribution in [0.4, 0.5) is 4.79 Å². The van der Waals surface area contributed by atoms with Crippen LogP contribution in [-0.4, -0.2) is 65.8 Å². The summed E-state index contributed by atoms with van der Waals surface area (Å²) in [6, 6.07) is 7.35. The average molecular weight is 404 g/mol. The highest BCUT2D eigenvalue weighted by Gasteiger charge is 2.37. The van der Waals surface area contributed by atoms with E-state index in [1.807, 2.05) is 31.2 Å². The zero-order valence-electron chi connectivity index (χ0n) is 16.1. The molecule has 150 valence electrons. The molecule has 2 aliphatic rings. The number of nitrogens with zero attached hydrogens (tertiary/aromatic N) is 2. The van der Waals surface area contributed by atoms with Crippen LogP contribution in [0.25, 0.3) is 6.08 Å². The van der Waals surface area contributed by atoms with E-state index in [2.05, 4.69) is 6.92 Å². The van der Waals surface area contributed by atoms with Crippen LogP contribution in [0.1, 0.15) is 25.8 Å². The van der Waals surface area contributed by atoms with Crippen molar-refractivity contribution in [3.63, 3.8) is 0 Å². The van der Waals surface area contributed by atoms with Crippen LogP contribution in [0.2, 0.25) is 0 Å². The summed E-state index contributed by atoms with van der Waals surface area (Å²) in [6.07, 6.45) is 2.71. The Hall–Kier alpha value is -2.32. The minimum Gasteiger partial charge on any atom is -0.491 e. The zero-order valence-corrected chi connectivity index (χ0v) is 16.9. The number of morpholine rings is 1. The Morgan fingerprint density at radius 1 is 1.25 bits per heavy atom. The van der Waals surface area contributed by atoms with Gasteiger partial charge in [-0.25, -0.2) is 0 Å². The molecule has 0 saturated carbocycles. The molecule has 2 heterocycles. The predicted octanol–water partition coefficient (Wildman–Crippen LogP) is 2.76. The summed E-state index contributed by atoms with van der Waals surface area (Å²) in [7, 11) is 0. The summed E-state index contributed by atoms with van der Waals surface area (Å²) in [5.74, 6) is 0.0886. The van der Waals surface area contributed by atoms with E-state index < -0.39 is 11.1 Å². The predicted molar refractivity (Wildman–Crippen MR) is 107 cm³/mol. The van der Waals surface area contributed by atoms with Gasteiger partial charge in [0.2, 0.25) is 5.91 Å². The maximum Gasteiger partial charge on any atom is 0.294 e. The number of hydrogen-bond acceptors (Lipinski definition) is 6. The van der Waals surface area contributed by atoms with E-state index in [9.17, 15) is 14.4 Å². The third-order valence-corrected chi connectivity index (χ3v) is 5.53. The Morgan fingerprint density at radius 2 is 1.93 bits per heavy atom. The second-order valence-corrected chi connectivity index (χ2v) is 7.66. The summed E-state index contributed by atoms with van der Waals surface area (Å²) in [6.45, 7) is 5.74. The number of thioether (sulfide) groups is 1. The van der Waals surface area contributed by atoms with Gasteiger partial charge in [0.15, 0.2) is 0 Å². The van der Waals surface area contributed by atoms with Crippen LogP contribution >= 0.6 is 11.8 Å². The highest BCUT2D eigenvalue weighted by atomic mass is 32.2.